The molecule has 0 radical (unpaired) electrons. The van der Waals surface area contributed by atoms with Gasteiger partial charge in [-0.2, -0.15) is 0 Å². The van der Waals surface area contributed by atoms with Gasteiger partial charge in [-0.25, -0.2) is 0 Å². The van der Waals surface area contributed by atoms with E-state index in [0.29, 0.717) is 0 Å². The summed E-state index contributed by atoms with van der Waals surface area (Å²) < 4.78 is 12.1. The van der Waals surface area contributed by atoms with E-state index in [1.807, 2.05) is 97.1 Å². The second-order valence-corrected chi connectivity index (χ2v) is 11.4. The molecular formula is C32H30O4Se. The van der Waals surface area contributed by atoms with Crippen LogP contribution < -0.4 is 0 Å². The van der Waals surface area contributed by atoms with Crippen LogP contribution in [0, 0.1) is 0 Å². The normalized spacial score (nSPS) is 14.1. The average molecular weight is 558 g/mol. The third-order valence-corrected chi connectivity index (χ3v) is 9.35. The van der Waals surface area contributed by atoms with Crippen LogP contribution in [0.1, 0.15) is 57.9 Å². The summed E-state index contributed by atoms with van der Waals surface area (Å²) >= 11 is -0.214. The molecule has 0 aliphatic rings. The molecule has 4 aromatic carbocycles. The van der Waals surface area contributed by atoms with Gasteiger partial charge in [0.25, 0.3) is 0 Å². The van der Waals surface area contributed by atoms with Crippen molar-refractivity contribution in [3.8, 4) is 0 Å². The van der Waals surface area contributed by atoms with E-state index in [2.05, 4.69) is 24.3 Å². The van der Waals surface area contributed by atoms with E-state index >= 15 is 0 Å². The molecule has 0 aliphatic heterocycles. The first kappa shape index (κ1) is 26.4. The number of ether oxygens (including phenoxy) is 2. The molecule has 37 heavy (non-hydrogen) atoms. The molecule has 0 aromatic heterocycles. The second-order valence-electron chi connectivity index (χ2n) is 8.68. The predicted molar refractivity (Wildman–Crippen MR) is 146 cm³/mol. The van der Waals surface area contributed by atoms with Crippen molar-refractivity contribution in [2.24, 2.45) is 0 Å². The Balaban J connectivity index is 1.85. The molecule has 4 aromatic rings. The molecule has 0 N–H and O–H groups in total. The Morgan fingerprint density at radius 3 is 1.03 bits per heavy atom. The van der Waals surface area contributed by atoms with Crippen LogP contribution in [0.2, 0.25) is 0 Å². The van der Waals surface area contributed by atoms with E-state index in [1.54, 1.807) is 0 Å². The van der Waals surface area contributed by atoms with Crippen molar-refractivity contribution in [2.75, 3.05) is 0 Å². The van der Waals surface area contributed by atoms with E-state index in [-0.39, 0.29) is 36.5 Å². The zero-order chi connectivity index (χ0) is 26.0. The Labute approximate surface area is 224 Å². The first-order valence-electron chi connectivity index (χ1n) is 12.2. The van der Waals surface area contributed by atoms with Crippen molar-refractivity contribution in [1.82, 2.24) is 0 Å². The number of hydrogen-bond donors (Lipinski definition) is 0. The monoisotopic (exact) mass is 558 g/mol. The third-order valence-electron chi connectivity index (χ3n) is 5.94. The van der Waals surface area contributed by atoms with E-state index in [9.17, 15) is 9.59 Å². The summed E-state index contributed by atoms with van der Waals surface area (Å²) in [6, 6.07) is 40.1. The molecule has 4 atom stereocenters. The number of carbonyl (C=O) groups is 2. The van der Waals surface area contributed by atoms with E-state index in [0.717, 1.165) is 22.3 Å². The van der Waals surface area contributed by atoms with Crippen molar-refractivity contribution in [3.05, 3.63) is 144 Å². The summed E-state index contributed by atoms with van der Waals surface area (Å²) in [5.41, 5.74) is 4.02. The molecule has 0 spiro atoms. The van der Waals surface area contributed by atoms with E-state index < -0.39 is 12.2 Å². The zero-order valence-electron chi connectivity index (χ0n) is 20.9. The Hall–Kier alpha value is -3.66. The number of carbonyl (C=O) groups excluding carboxylic acids is 2. The van der Waals surface area contributed by atoms with Crippen LogP contribution >= 0.6 is 0 Å². The van der Waals surface area contributed by atoms with E-state index in [4.69, 9.17) is 9.47 Å². The van der Waals surface area contributed by atoms with Crippen LogP contribution in [0.4, 0.5) is 0 Å². The Morgan fingerprint density at radius 1 is 0.486 bits per heavy atom. The SMILES string of the molecule is CC(=O)OC(c1ccccc1)C([Se]C(c1ccccc1)C(OC(C)=O)c1ccccc1)c1ccccc1. The van der Waals surface area contributed by atoms with Crippen molar-refractivity contribution >= 4 is 26.9 Å². The summed E-state index contributed by atoms with van der Waals surface area (Å²) in [7, 11) is 0. The molecular weight excluding hydrogens is 527 g/mol. The first-order valence-corrected chi connectivity index (χ1v) is 14.2. The fraction of sp³-hybridized carbons (Fsp3) is 0.188. The van der Waals surface area contributed by atoms with Crippen LogP contribution in [0.15, 0.2) is 121 Å². The third kappa shape index (κ3) is 7.19. The van der Waals surface area contributed by atoms with Gasteiger partial charge < -0.3 is 0 Å². The van der Waals surface area contributed by atoms with Gasteiger partial charge in [0.15, 0.2) is 0 Å². The van der Waals surface area contributed by atoms with Crippen molar-refractivity contribution in [1.29, 1.82) is 0 Å². The van der Waals surface area contributed by atoms with Crippen LogP contribution in [-0.2, 0) is 19.1 Å². The van der Waals surface area contributed by atoms with Crippen molar-refractivity contribution < 1.29 is 19.1 Å². The number of esters is 2. The fourth-order valence-electron chi connectivity index (χ4n) is 4.35. The number of rotatable bonds is 10. The van der Waals surface area contributed by atoms with Gasteiger partial charge in [-0.3, -0.25) is 0 Å². The molecule has 0 heterocycles. The quantitative estimate of drug-likeness (QED) is 0.159. The van der Waals surface area contributed by atoms with Crippen LogP contribution in [0.3, 0.4) is 0 Å². The number of benzene rings is 4. The van der Waals surface area contributed by atoms with Gasteiger partial charge >= 0.3 is 225 Å². The maximum absolute atomic E-state index is 12.3. The van der Waals surface area contributed by atoms with Crippen LogP contribution in [0.25, 0.3) is 0 Å². The molecule has 0 bridgehead atoms. The molecule has 0 saturated carbocycles. The van der Waals surface area contributed by atoms with Gasteiger partial charge in [-0.05, 0) is 0 Å². The van der Waals surface area contributed by atoms with Gasteiger partial charge in [0.05, 0.1) is 0 Å². The zero-order valence-corrected chi connectivity index (χ0v) is 22.6. The molecule has 0 fully saturated rings. The summed E-state index contributed by atoms with van der Waals surface area (Å²) in [4.78, 5) is 24.4. The first-order chi connectivity index (χ1) is 18.0. The maximum atomic E-state index is 12.3. The summed E-state index contributed by atoms with van der Waals surface area (Å²) in [6.45, 7) is 2.90. The summed E-state index contributed by atoms with van der Waals surface area (Å²) in [5, 5.41) is 0. The Kier molecular flexibility index (Phi) is 9.31. The molecule has 4 nitrogen and oxygen atoms in total. The minimum atomic E-state index is -0.485. The molecule has 0 amide bonds. The predicted octanol–water partition coefficient (Wildman–Crippen LogP) is 6.78. The molecule has 0 saturated heterocycles. The summed E-state index contributed by atoms with van der Waals surface area (Å²) in [5.74, 6) is -0.664. The Bertz CT molecular complexity index is 1160. The number of hydrogen-bond acceptors (Lipinski definition) is 4. The average Bonchev–Trinajstić information content (AvgIpc) is 2.93. The van der Waals surface area contributed by atoms with Crippen molar-refractivity contribution in [3.63, 3.8) is 0 Å². The van der Waals surface area contributed by atoms with Gasteiger partial charge in [-0.15, -0.1) is 0 Å². The van der Waals surface area contributed by atoms with Crippen LogP contribution in [0.5, 0.6) is 0 Å². The van der Waals surface area contributed by atoms with Gasteiger partial charge in [0, 0.05) is 0 Å². The second kappa shape index (κ2) is 13.0. The molecule has 188 valence electrons. The van der Waals surface area contributed by atoms with E-state index in [1.165, 1.54) is 13.8 Å². The fourth-order valence-corrected chi connectivity index (χ4v) is 7.82. The van der Waals surface area contributed by atoms with Gasteiger partial charge in [-0.1, -0.05) is 0 Å². The summed E-state index contributed by atoms with van der Waals surface area (Å²) in [6.07, 6.45) is -0.970. The Morgan fingerprint density at radius 2 is 0.757 bits per heavy atom. The van der Waals surface area contributed by atoms with Crippen LogP contribution in [-0.4, -0.2) is 26.9 Å². The molecule has 0 aliphatic carbocycles. The van der Waals surface area contributed by atoms with Gasteiger partial charge in [0.2, 0.25) is 0 Å². The van der Waals surface area contributed by atoms with Gasteiger partial charge in [0.1, 0.15) is 0 Å². The molecule has 5 heteroatoms. The standard InChI is InChI=1S/C32H30O4Se/c1-23(33)35-29(25-15-7-3-8-16-25)31(27-19-11-5-12-20-27)37-32(28-21-13-6-14-22-28)30(36-24(2)34)26-17-9-4-10-18-26/h3-22,29-32H,1-2H3. The molecule has 4 unspecified atom stereocenters. The van der Waals surface area contributed by atoms with Crippen molar-refractivity contribution in [2.45, 2.75) is 35.7 Å². The topological polar surface area (TPSA) is 52.6 Å². The minimum absolute atomic E-state index is 0.132. The molecule has 4 rings (SSSR count).